The van der Waals surface area contributed by atoms with Crippen LogP contribution in [0.25, 0.3) is 0 Å². The summed E-state index contributed by atoms with van der Waals surface area (Å²) in [7, 11) is -1.72. The molecule has 0 bridgehead atoms. The second-order valence-corrected chi connectivity index (χ2v) is 6.83. The van der Waals surface area contributed by atoms with Gasteiger partial charge in [0.1, 0.15) is 0 Å². The maximum Gasteiger partial charge on any atom is 0.260 e. The lowest BCUT2D eigenvalue weighted by atomic mass is 9.83. The summed E-state index contributed by atoms with van der Waals surface area (Å²) in [6, 6.07) is 0. The van der Waals surface area contributed by atoms with Crippen molar-refractivity contribution in [2.24, 2.45) is 5.92 Å². The van der Waals surface area contributed by atoms with Crippen LogP contribution in [0, 0.1) is 12.8 Å². The van der Waals surface area contributed by atoms with E-state index in [0.717, 1.165) is 12.1 Å². The Bertz CT molecular complexity index is 520. The zero-order valence-corrected chi connectivity index (χ0v) is 12.3. The molecule has 19 heavy (non-hydrogen) atoms. The van der Waals surface area contributed by atoms with Crippen molar-refractivity contribution in [3.63, 3.8) is 0 Å². The maximum absolute atomic E-state index is 12.2. The van der Waals surface area contributed by atoms with Crippen LogP contribution in [-0.4, -0.2) is 32.2 Å². The Kier molecular flexibility index (Phi) is 4.59. The van der Waals surface area contributed by atoms with E-state index < -0.39 is 10.0 Å². The molecule has 0 unspecified atom stereocenters. The molecule has 3 N–H and O–H groups in total. The normalized spacial score (nSPS) is 16.5. The third-order valence-corrected chi connectivity index (χ3v) is 5.14. The first-order valence-electron chi connectivity index (χ1n) is 6.72. The summed E-state index contributed by atoms with van der Waals surface area (Å²) in [6.45, 7) is 2.81. The van der Waals surface area contributed by atoms with Gasteiger partial charge in [-0.15, -0.1) is 0 Å². The lowest BCUT2D eigenvalue weighted by Crippen LogP contribution is -2.29. The predicted octanol–water partition coefficient (Wildman–Crippen LogP) is 0.906. The average Bonchev–Trinajstić information content (AvgIpc) is 2.66. The van der Waals surface area contributed by atoms with E-state index >= 15 is 0 Å². The van der Waals surface area contributed by atoms with Crippen molar-refractivity contribution < 1.29 is 8.42 Å². The minimum Gasteiger partial charge on any atom is -0.316 e. The van der Waals surface area contributed by atoms with Crippen LogP contribution in [0.1, 0.15) is 36.9 Å². The molecule has 1 saturated carbocycles. The first kappa shape index (κ1) is 14.5. The highest BCUT2D eigenvalue weighted by atomic mass is 32.2. The third kappa shape index (κ3) is 3.34. The van der Waals surface area contributed by atoms with Crippen LogP contribution < -0.4 is 10.0 Å². The molecule has 0 atom stereocenters. The molecule has 0 aromatic carbocycles. The lowest BCUT2D eigenvalue weighted by molar-refractivity contribution is 0.297. The van der Waals surface area contributed by atoms with E-state index in [2.05, 4.69) is 20.2 Å². The number of hydrogen-bond donors (Lipinski definition) is 3. The summed E-state index contributed by atoms with van der Waals surface area (Å²) in [4.78, 5) is 0. The molecule has 0 amide bonds. The van der Waals surface area contributed by atoms with Gasteiger partial charge in [-0.2, -0.15) is 5.10 Å². The number of aryl methyl sites for hydroxylation is 1. The molecule has 1 fully saturated rings. The molecule has 1 aromatic rings. The van der Waals surface area contributed by atoms with Gasteiger partial charge in [-0.3, -0.25) is 5.10 Å². The van der Waals surface area contributed by atoms with Gasteiger partial charge in [-0.1, -0.05) is 19.3 Å². The standard InChI is InChI=1S/C12H22N4O2S/c1-9-11(8-13-2)12(16-15-9)19(17,18)14-7-6-10-4-3-5-10/h10,13-14H,3-8H2,1-2H3,(H,15,16). The van der Waals surface area contributed by atoms with Gasteiger partial charge in [0, 0.05) is 24.3 Å². The Balaban J connectivity index is 2.01. The molecule has 0 spiro atoms. The van der Waals surface area contributed by atoms with E-state index in [1.165, 1.54) is 19.3 Å². The Hall–Kier alpha value is -0.920. The smallest absolute Gasteiger partial charge is 0.260 e. The molecule has 1 heterocycles. The molecular weight excluding hydrogens is 264 g/mol. The van der Waals surface area contributed by atoms with E-state index in [9.17, 15) is 8.42 Å². The predicted molar refractivity (Wildman–Crippen MR) is 73.2 cm³/mol. The second-order valence-electron chi connectivity index (χ2n) is 5.15. The summed E-state index contributed by atoms with van der Waals surface area (Å²) >= 11 is 0. The summed E-state index contributed by atoms with van der Waals surface area (Å²) in [6.07, 6.45) is 4.66. The largest absolute Gasteiger partial charge is 0.316 e. The number of nitrogens with one attached hydrogen (secondary N) is 3. The van der Waals surface area contributed by atoms with E-state index in [1.54, 1.807) is 7.05 Å². The van der Waals surface area contributed by atoms with Crippen LogP contribution in [0.4, 0.5) is 0 Å². The van der Waals surface area contributed by atoms with Crippen LogP contribution in [0.15, 0.2) is 5.03 Å². The first-order chi connectivity index (χ1) is 9.04. The maximum atomic E-state index is 12.2. The fourth-order valence-corrected chi connectivity index (χ4v) is 3.52. The number of aromatic nitrogens is 2. The fourth-order valence-electron chi connectivity index (χ4n) is 2.28. The second kappa shape index (κ2) is 6.02. The molecule has 7 heteroatoms. The minimum absolute atomic E-state index is 0.118. The molecule has 0 aliphatic heterocycles. The molecule has 1 aliphatic rings. The number of H-pyrrole nitrogens is 1. The van der Waals surface area contributed by atoms with E-state index in [4.69, 9.17) is 0 Å². The summed E-state index contributed by atoms with van der Waals surface area (Å²) in [5.74, 6) is 0.695. The highest BCUT2D eigenvalue weighted by Gasteiger charge is 2.24. The number of sulfonamides is 1. The van der Waals surface area contributed by atoms with Crippen LogP contribution in [0.3, 0.4) is 0 Å². The number of hydrogen-bond acceptors (Lipinski definition) is 4. The molecular formula is C12H22N4O2S. The van der Waals surface area contributed by atoms with Gasteiger partial charge < -0.3 is 5.32 Å². The zero-order valence-electron chi connectivity index (χ0n) is 11.5. The summed E-state index contributed by atoms with van der Waals surface area (Å²) < 4.78 is 27.1. The number of rotatable bonds is 7. The average molecular weight is 286 g/mol. The van der Waals surface area contributed by atoms with Gasteiger partial charge in [0.05, 0.1) is 0 Å². The van der Waals surface area contributed by atoms with Crippen molar-refractivity contribution in [2.45, 2.75) is 44.2 Å². The van der Waals surface area contributed by atoms with Crippen LogP contribution >= 0.6 is 0 Å². The van der Waals surface area contributed by atoms with Gasteiger partial charge >= 0.3 is 0 Å². The van der Waals surface area contributed by atoms with Gasteiger partial charge in [-0.05, 0) is 26.3 Å². The topological polar surface area (TPSA) is 86.9 Å². The minimum atomic E-state index is -3.50. The van der Waals surface area contributed by atoms with Crippen molar-refractivity contribution in [1.29, 1.82) is 0 Å². The quantitative estimate of drug-likeness (QED) is 0.695. The lowest BCUT2D eigenvalue weighted by Gasteiger charge is -2.24. The van der Waals surface area contributed by atoms with E-state index in [-0.39, 0.29) is 5.03 Å². The van der Waals surface area contributed by atoms with Crippen molar-refractivity contribution in [3.8, 4) is 0 Å². The number of nitrogens with zero attached hydrogens (tertiary/aromatic N) is 1. The summed E-state index contributed by atoms with van der Waals surface area (Å²) in [5.41, 5.74) is 1.49. The number of aromatic amines is 1. The van der Waals surface area contributed by atoms with Crippen LogP contribution in [0.2, 0.25) is 0 Å². The van der Waals surface area contributed by atoms with Crippen LogP contribution in [0.5, 0.6) is 0 Å². The third-order valence-electron chi connectivity index (χ3n) is 3.71. The SMILES string of the molecule is CNCc1c(S(=O)(=O)NCCC2CCC2)n[nH]c1C. The Labute approximate surface area is 114 Å². The molecule has 0 saturated heterocycles. The van der Waals surface area contributed by atoms with Gasteiger partial charge in [0.25, 0.3) is 10.0 Å². The molecule has 108 valence electrons. The van der Waals surface area contributed by atoms with E-state index in [0.29, 0.717) is 24.6 Å². The monoisotopic (exact) mass is 286 g/mol. The Morgan fingerprint density at radius 3 is 2.74 bits per heavy atom. The molecule has 1 aromatic heterocycles. The molecule has 6 nitrogen and oxygen atoms in total. The van der Waals surface area contributed by atoms with Crippen molar-refractivity contribution in [2.75, 3.05) is 13.6 Å². The molecule has 0 radical (unpaired) electrons. The zero-order chi connectivity index (χ0) is 13.9. The highest BCUT2D eigenvalue weighted by molar-refractivity contribution is 7.89. The van der Waals surface area contributed by atoms with Crippen molar-refractivity contribution in [1.82, 2.24) is 20.2 Å². The fraction of sp³-hybridized carbons (Fsp3) is 0.750. The first-order valence-corrected chi connectivity index (χ1v) is 8.21. The van der Waals surface area contributed by atoms with E-state index in [1.807, 2.05) is 6.92 Å². The highest BCUT2D eigenvalue weighted by Crippen LogP contribution is 2.28. The Morgan fingerprint density at radius 2 is 2.16 bits per heavy atom. The Morgan fingerprint density at radius 1 is 1.42 bits per heavy atom. The van der Waals surface area contributed by atoms with Gasteiger partial charge in [-0.25, -0.2) is 13.1 Å². The van der Waals surface area contributed by atoms with Gasteiger partial charge in [0.2, 0.25) is 0 Å². The van der Waals surface area contributed by atoms with Crippen LogP contribution in [-0.2, 0) is 16.6 Å². The molecule has 1 aliphatic carbocycles. The molecule has 2 rings (SSSR count). The van der Waals surface area contributed by atoms with Gasteiger partial charge in [0.15, 0.2) is 5.03 Å². The summed E-state index contributed by atoms with van der Waals surface area (Å²) in [5, 5.41) is 9.75. The van der Waals surface area contributed by atoms with Crippen molar-refractivity contribution in [3.05, 3.63) is 11.3 Å². The van der Waals surface area contributed by atoms with Crippen molar-refractivity contribution >= 4 is 10.0 Å².